The number of aromatic nitrogens is 3. The Morgan fingerprint density at radius 3 is 2.80 bits per heavy atom. The van der Waals surface area contributed by atoms with Crippen molar-refractivity contribution in [1.29, 1.82) is 0 Å². The van der Waals surface area contributed by atoms with Crippen LogP contribution in [0.15, 0.2) is 22.9 Å². The van der Waals surface area contributed by atoms with Crippen LogP contribution in [-0.2, 0) is 17.9 Å². The van der Waals surface area contributed by atoms with E-state index in [1.54, 1.807) is 19.4 Å². The van der Waals surface area contributed by atoms with Crippen LogP contribution in [0, 0.1) is 6.92 Å². The maximum Gasteiger partial charge on any atom is 0.358 e. The van der Waals surface area contributed by atoms with Crippen molar-refractivity contribution < 1.29 is 19.1 Å². The van der Waals surface area contributed by atoms with Gasteiger partial charge in [0.05, 0.1) is 12.5 Å². The lowest BCUT2D eigenvalue weighted by Crippen LogP contribution is -2.30. The summed E-state index contributed by atoms with van der Waals surface area (Å²) in [6, 6.07) is 1.80. The van der Waals surface area contributed by atoms with E-state index < -0.39 is 5.97 Å². The van der Waals surface area contributed by atoms with Crippen molar-refractivity contribution in [3.8, 4) is 0 Å². The lowest BCUT2D eigenvalue weighted by molar-refractivity contribution is -0.131. The van der Waals surface area contributed by atoms with Gasteiger partial charge in [0, 0.05) is 19.2 Å². The van der Waals surface area contributed by atoms with Crippen molar-refractivity contribution in [3.63, 3.8) is 0 Å². The van der Waals surface area contributed by atoms with Gasteiger partial charge in [-0.15, -0.1) is 5.10 Å². The van der Waals surface area contributed by atoms with Gasteiger partial charge in [-0.2, -0.15) is 0 Å². The van der Waals surface area contributed by atoms with Gasteiger partial charge in [-0.1, -0.05) is 5.21 Å². The highest BCUT2D eigenvalue weighted by Crippen LogP contribution is 2.11. The van der Waals surface area contributed by atoms with E-state index in [1.165, 1.54) is 15.8 Å². The molecule has 20 heavy (non-hydrogen) atoms. The van der Waals surface area contributed by atoms with Gasteiger partial charge < -0.3 is 14.4 Å². The maximum atomic E-state index is 12.0. The molecule has 0 bridgehead atoms. The monoisotopic (exact) mass is 278 g/mol. The van der Waals surface area contributed by atoms with Gasteiger partial charge in [-0.3, -0.25) is 4.79 Å². The number of amides is 1. The van der Waals surface area contributed by atoms with Gasteiger partial charge in [0.2, 0.25) is 5.91 Å². The third-order valence-corrected chi connectivity index (χ3v) is 2.85. The lowest BCUT2D eigenvalue weighted by Gasteiger charge is -2.16. The van der Waals surface area contributed by atoms with Gasteiger partial charge in [0.15, 0.2) is 5.69 Å². The number of furan rings is 1. The zero-order chi connectivity index (χ0) is 14.7. The fraction of sp³-hybridized carbons (Fsp3) is 0.333. The van der Waals surface area contributed by atoms with Crippen molar-refractivity contribution >= 4 is 11.9 Å². The van der Waals surface area contributed by atoms with Gasteiger partial charge >= 0.3 is 5.97 Å². The Morgan fingerprint density at radius 2 is 2.25 bits per heavy atom. The zero-order valence-electron chi connectivity index (χ0n) is 11.1. The number of carbonyl (C=O) groups excluding carboxylic acids is 1. The van der Waals surface area contributed by atoms with E-state index in [1.807, 2.05) is 6.92 Å². The number of likely N-dealkylation sites (N-methyl/N-ethyl adjacent to an activating group) is 1. The molecule has 0 atom stereocenters. The molecule has 0 aromatic carbocycles. The second-order valence-corrected chi connectivity index (χ2v) is 4.36. The van der Waals surface area contributed by atoms with E-state index >= 15 is 0 Å². The minimum Gasteiger partial charge on any atom is -0.476 e. The predicted octanol–water partition coefficient (Wildman–Crippen LogP) is 0.536. The molecule has 2 heterocycles. The van der Waals surface area contributed by atoms with Crippen molar-refractivity contribution in [2.45, 2.75) is 20.0 Å². The summed E-state index contributed by atoms with van der Waals surface area (Å²) < 4.78 is 6.36. The SMILES string of the molecule is Cc1occc1CN(C)C(=O)Cn1cc(C(=O)O)nn1. The van der Waals surface area contributed by atoms with E-state index in [2.05, 4.69) is 10.3 Å². The molecule has 0 saturated carbocycles. The zero-order valence-corrected chi connectivity index (χ0v) is 11.1. The van der Waals surface area contributed by atoms with E-state index in [0.29, 0.717) is 6.54 Å². The van der Waals surface area contributed by atoms with Crippen LogP contribution in [0.25, 0.3) is 0 Å². The summed E-state index contributed by atoms with van der Waals surface area (Å²) in [4.78, 5) is 24.2. The molecule has 0 aliphatic carbocycles. The lowest BCUT2D eigenvalue weighted by atomic mass is 10.2. The number of aromatic carboxylic acids is 1. The molecule has 1 N–H and O–H groups in total. The van der Waals surface area contributed by atoms with E-state index in [-0.39, 0.29) is 18.1 Å². The molecule has 0 fully saturated rings. The van der Waals surface area contributed by atoms with Crippen LogP contribution in [0.2, 0.25) is 0 Å². The molecule has 106 valence electrons. The highest BCUT2D eigenvalue weighted by atomic mass is 16.4. The summed E-state index contributed by atoms with van der Waals surface area (Å²) in [5, 5.41) is 15.8. The Kier molecular flexibility index (Phi) is 3.83. The highest BCUT2D eigenvalue weighted by molar-refractivity contribution is 5.84. The molecule has 0 spiro atoms. The minimum absolute atomic E-state index is 0.0618. The van der Waals surface area contributed by atoms with Crippen LogP contribution in [-0.4, -0.2) is 43.9 Å². The normalized spacial score (nSPS) is 10.5. The topological polar surface area (TPSA) is 101 Å². The maximum absolute atomic E-state index is 12.0. The average molecular weight is 278 g/mol. The Hall–Kier alpha value is -2.64. The summed E-state index contributed by atoms with van der Waals surface area (Å²) in [6.45, 7) is 2.18. The van der Waals surface area contributed by atoms with Gasteiger partial charge in [-0.05, 0) is 13.0 Å². The molecule has 2 aromatic rings. The fourth-order valence-corrected chi connectivity index (χ4v) is 1.65. The number of carbonyl (C=O) groups is 2. The van der Waals surface area contributed by atoms with Gasteiger partial charge in [0.1, 0.15) is 12.3 Å². The molecule has 8 heteroatoms. The number of hydrogen-bond donors (Lipinski definition) is 1. The van der Waals surface area contributed by atoms with E-state index in [9.17, 15) is 9.59 Å². The third-order valence-electron chi connectivity index (χ3n) is 2.85. The second kappa shape index (κ2) is 5.55. The van der Waals surface area contributed by atoms with Crippen LogP contribution < -0.4 is 0 Å². The Morgan fingerprint density at radius 1 is 1.50 bits per heavy atom. The van der Waals surface area contributed by atoms with Crippen molar-refractivity contribution in [3.05, 3.63) is 35.5 Å². The summed E-state index contributed by atoms with van der Waals surface area (Å²) in [5.74, 6) is -0.614. The molecule has 8 nitrogen and oxygen atoms in total. The van der Waals surface area contributed by atoms with Crippen molar-refractivity contribution in [2.75, 3.05) is 7.05 Å². The molecular weight excluding hydrogens is 264 g/mol. The first kappa shape index (κ1) is 13.8. The largest absolute Gasteiger partial charge is 0.476 e. The fourth-order valence-electron chi connectivity index (χ4n) is 1.65. The number of rotatable bonds is 5. The third kappa shape index (κ3) is 3.02. The highest BCUT2D eigenvalue weighted by Gasteiger charge is 2.15. The van der Waals surface area contributed by atoms with Crippen LogP contribution in [0.5, 0.6) is 0 Å². The molecule has 0 unspecified atom stereocenters. The van der Waals surface area contributed by atoms with Crippen molar-refractivity contribution in [2.24, 2.45) is 0 Å². The first-order valence-corrected chi connectivity index (χ1v) is 5.87. The Bertz CT molecular complexity index is 631. The Balaban J connectivity index is 1.97. The average Bonchev–Trinajstić information content (AvgIpc) is 2.99. The number of carboxylic acid groups (broad SMARTS) is 1. The predicted molar refractivity (Wildman–Crippen MR) is 66.9 cm³/mol. The molecule has 2 aromatic heterocycles. The van der Waals surface area contributed by atoms with E-state index in [4.69, 9.17) is 9.52 Å². The van der Waals surface area contributed by atoms with Crippen LogP contribution in [0.3, 0.4) is 0 Å². The summed E-state index contributed by atoms with van der Waals surface area (Å²) in [7, 11) is 1.66. The first-order chi connectivity index (χ1) is 9.47. The summed E-state index contributed by atoms with van der Waals surface area (Å²) in [5.41, 5.74) is 0.733. The van der Waals surface area contributed by atoms with E-state index in [0.717, 1.165) is 11.3 Å². The number of carboxylic acids is 1. The molecule has 0 aliphatic rings. The van der Waals surface area contributed by atoms with Gasteiger partial charge in [-0.25, -0.2) is 9.48 Å². The molecule has 0 saturated heterocycles. The molecule has 2 rings (SSSR count). The molecule has 1 amide bonds. The number of hydrogen-bond acceptors (Lipinski definition) is 5. The first-order valence-electron chi connectivity index (χ1n) is 5.87. The minimum atomic E-state index is -1.17. The summed E-state index contributed by atoms with van der Waals surface area (Å²) >= 11 is 0. The molecule has 0 aliphatic heterocycles. The van der Waals surface area contributed by atoms with Crippen LogP contribution >= 0.6 is 0 Å². The molecular formula is C12H14N4O4. The number of aryl methyl sites for hydroxylation is 1. The van der Waals surface area contributed by atoms with Crippen LogP contribution in [0.4, 0.5) is 0 Å². The quantitative estimate of drug-likeness (QED) is 0.856. The second-order valence-electron chi connectivity index (χ2n) is 4.36. The number of nitrogens with zero attached hydrogens (tertiary/aromatic N) is 4. The smallest absolute Gasteiger partial charge is 0.358 e. The van der Waals surface area contributed by atoms with Crippen LogP contribution in [0.1, 0.15) is 21.8 Å². The van der Waals surface area contributed by atoms with Crippen molar-refractivity contribution in [1.82, 2.24) is 19.9 Å². The summed E-state index contributed by atoms with van der Waals surface area (Å²) in [6.07, 6.45) is 2.79. The Labute approximate surface area is 114 Å². The standard InChI is InChI=1S/C12H14N4O4/c1-8-9(3-4-20-8)5-15(2)11(17)7-16-6-10(12(18)19)13-14-16/h3-4,6H,5,7H2,1-2H3,(H,18,19). The van der Waals surface area contributed by atoms with Gasteiger partial charge in [0.25, 0.3) is 0 Å². The molecule has 0 radical (unpaired) electrons.